The lowest BCUT2D eigenvalue weighted by atomic mass is 10.1. The molecule has 1 N–H and O–H groups in total. The number of aryl methyl sites for hydroxylation is 2. The number of fused-ring (bicyclic) bond motifs is 1. The van der Waals surface area contributed by atoms with Gasteiger partial charge < -0.3 is 0 Å². The van der Waals surface area contributed by atoms with E-state index in [9.17, 15) is 9.59 Å². The van der Waals surface area contributed by atoms with Gasteiger partial charge in [-0.3, -0.25) is 14.9 Å². The molecular formula is C16H15NO2. The van der Waals surface area contributed by atoms with E-state index >= 15 is 0 Å². The molecule has 2 aromatic carbocycles. The molecule has 0 fully saturated rings. The maximum absolute atomic E-state index is 10.9. The fourth-order valence-corrected chi connectivity index (χ4v) is 1.75. The summed E-state index contributed by atoms with van der Waals surface area (Å²) < 4.78 is 0. The topological polar surface area (TPSA) is 46.2 Å². The summed E-state index contributed by atoms with van der Waals surface area (Å²) in [5.41, 5.74) is 3.60. The average molecular weight is 253 g/mol. The molecule has 19 heavy (non-hydrogen) atoms. The molecule has 3 rings (SSSR count). The first kappa shape index (κ1) is 13.0. The Morgan fingerprint density at radius 1 is 0.684 bits per heavy atom. The highest BCUT2D eigenvalue weighted by atomic mass is 16.2. The zero-order valence-electron chi connectivity index (χ0n) is 10.9. The molecule has 0 aliphatic carbocycles. The zero-order valence-corrected chi connectivity index (χ0v) is 10.9. The molecule has 0 saturated carbocycles. The van der Waals surface area contributed by atoms with Gasteiger partial charge in [0.2, 0.25) is 0 Å². The summed E-state index contributed by atoms with van der Waals surface area (Å²) in [5.74, 6) is -0.601. The van der Waals surface area contributed by atoms with Crippen LogP contribution in [0.3, 0.4) is 0 Å². The molecule has 96 valence electrons. The van der Waals surface area contributed by atoms with Gasteiger partial charge in [-0.15, -0.1) is 0 Å². The highest BCUT2D eigenvalue weighted by Gasteiger charge is 2.25. The van der Waals surface area contributed by atoms with Gasteiger partial charge in [-0.2, -0.15) is 0 Å². The first-order valence-corrected chi connectivity index (χ1v) is 6.06. The standard InChI is InChI=1S/C8H5NO2.C8H10/c10-7-5-3-1-2-4-6(5)8(11)9-7;1-7-3-5-8(2)6-4-7/h1-4H,(H,9,10,11);3-6H,1-2H3. The molecule has 0 aromatic heterocycles. The Bertz CT molecular complexity index is 561. The van der Waals surface area contributed by atoms with E-state index in [1.54, 1.807) is 24.3 Å². The second-order valence-corrected chi connectivity index (χ2v) is 4.48. The number of nitrogens with one attached hydrogen (secondary N) is 1. The van der Waals surface area contributed by atoms with Gasteiger partial charge >= 0.3 is 0 Å². The van der Waals surface area contributed by atoms with Crippen LogP contribution < -0.4 is 5.32 Å². The van der Waals surface area contributed by atoms with Crippen LogP contribution in [0.1, 0.15) is 31.8 Å². The van der Waals surface area contributed by atoms with E-state index in [0.29, 0.717) is 11.1 Å². The summed E-state index contributed by atoms with van der Waals surface area (Å²) >= 11 is 0. The van der Waals surface area contributed by atoms with Gasteiger partial charge in [0.1, 0.15) is 0 Å². The molecule has 1 heterocycles. The number of rotatable bonds is 0. The second kappa shape index (κ2) is 5.48. The molecule has 0 spiro atoms. The normalized spacial score (nSPS) is 12.3. The Morgan fingerprint density at radius 2 is 1.05 bits per heavy atom. The molecule has 0 saturated heterocycles. The van der Waals surface area contributed by atoms with E-state index in [4.69, 9.17) is 0 Å². The van der Waals surface area contributed by atoms with E-state index in [1.807, 2.05) is 0 Å². The van der Waals surface area contributed by atoms with Crippen LogP contribution in [0.2, 0.25) is 0 Å². The SMILES string of the molecule is Cc1ccc(C)cc1.O=C1NC(=O)c2ccccc21. The van der Waals surface area contributed by atoms with Crippen molar-refractivity contribution in [3.63, 3.8) is 0 Å². The van der Waals surface area contributed by atoms with Crippen LogP contribution in [0.25, 0.3) is 0 Å². The van der Waals surface area contributed by atoms with Gasteiger partial charge in [0.05, 0.1) is 11.1 Å². The van der Waals surface area contributed by atoms with Crippen LogP contribution in [-0.2, 0) is 0 Å². The van der Waals surface area contributed by atoms with Crippen molar-refractivity contribution in [1.29, 1.82) is 0 Å². The van der Waals surface area contributed by atoms with Crippen molar-refractivity contribution in [2.24, 2.45) is 0 Å². The van der Waals surface area contributed by atoms with Crippen molar-refractivity contribution in [1.82, 2.24) is 5.32 Å². The quantitative estimate of drug-likeness (QED) is 0.734. The van der Waals surface area contributed by atoms with E-state index in [1.165, 1.54) is 11.1 Å². The lowest BCUT2D eigenvalue weighted by molar-refractivity contribution is 0.0879. The molecule has 2 aromatic rings. The summed E-state index contributed by atoms with van der Waals surface area (Å²) in [6.07, 6.45) is 0. The van der Waals surface area contributed by atoms with Crippen LogP contribution in [0, 0.1) is 13.8 Å². The van der Waals surface area contributed by atoms with Gasteiger partial charge in [0, 0.05) is 0 Å². The van der Waals surface area contributed by atoms with Crippen molar-refractivity contribution in [2.75, 3.05) is 0 Å². The number of hydrogen-bond acceptors (Lipinski definition) is 2. The Labute approximate surface area is 112 Å². The Balaban J connectivity index is 0.000000148. The molecule has 2 amide bonds. The number of amides is 2. The van der Waals surface area contributed by atoms with Crippen molar-refractivity contribution < 1.29 is 9.59 Å². The zero-order chi connectivity index (χ0) is 13.8. The lowest BCUT2D eigenvalue weighted by Crippen LogP contribution is -2.19. The third-order valence-electron chi connectivity index (χ3n) is 2.86. The summed E-state index contributed by atoms with van der Waals surface area (Å²) in [4.78, 5) is 21.9. The molecule has 1 aliphatic heterocycles. The third kappa shape index (κ3) is 3.07. The molecule has 0 atom stereocenters. The number of carbonyl (C=O) groups excluding carboxylic acids is 2. The van der Waals surface area contributed by atoms with E-state index in [2.05, 4.69) is 43.4 Å². The largest absolute Gasteiger partial charge is 0.288 e. The van der Waals surface area contributed by atoms with Crippen LogP contribution in [0.15, 0.2) is 48.5 Å². The van der Waals surface area contributed by atoms with Gasteiger partial charge in [0.25, 0.3) is 11.8 Å². The molecular weight excluding hydrogens is 238 g/mol. The highest BCUT2D eigenvalue weighted by molar-refractivity contribution is 6.21. The van der Waals surface area contributed by atoms with E-state index in [0.717, 1.165) is 0 Å². The van der Waals surface area contributed by atoms with Crippen molar-refractivity contribution in [3.05, 3.63) is 70.8 Å². The summed E-state index contributed by atoms with van der Waals surface area (Å²) in [6.45, 7) is 4.19. The van der Waals surface area contributed by atoms with E-state index in [-0.39, 0.29) is 11.8 Å². The van der Waals surface area contributed by atoms with Gasteiger partial charge in [0.15, 0.2) is 0 Å². The molecule has 1 aliphatic rings. The average Bonchev–Trinajstić information content (AvgIpc) is 2.70. The Morgan fingerprint density at radius 3 is 1.42 bits per heavy atom. The lowest BCUT2D eigenvalue weighted by Gasteiger charge is -1.90. The number of carbonyl (C=O) groups is 2. The van der Waals surface area contributed by atoms with Gasteiger partial charge in [-0.1, -0.05) is 47.5 Å². The van der Waals surface area contributed by atoms with Crippen LogP contribution in [0.4, 0.5) is 0 Å². The van der Waals surface area contributed by atoms with Crippen molar-refractivity contribution in [2.45, 2.75) is 13.8 Å². The highest BCUT2D eigenvalue weighted by Crippen LogP contribution is 2.13. The Kier molecular flexibility index (Phi) is 3.76. The maximum atomic E-state index is 10.9. The maximum Gasteiger partial charge on any atom is 0.258 e. The van der Waals surface area contributed by atoms with Crippen LogP contribution >= 0.6 is 0 Å². The molecule has 3 heteroatoms. The van der Waals surface area contributed by atoms with Crippen molar-refractivity contribution in [3.8, 4) is 0 Å². The minimum Gasteiger partial charge on any atom is -0.288 e. The van der Waals surface area contributed by atoms with Crippen molar-refractivity contribution >= 4 is 11.8 Å². The molecule has 0 unspecified atom stereocenters. The van der Waals surface area contributed by atoms with Crippen LogP contribution in [-0.4, -0.2) is 11.8 Å². The number of benzene rings is 2. The third-order valence-corrected chi connectivity index (χ3v) is 2.86. The molecule has 0 radical (unpaired) electrons. The van der Waals surface area contributed by atoms with E-state index < -0.39 is 0 Å². The Hall–Kier alpha value is -2.42. The summed E-state index contributed by atoms with van der Waals surface area (Å²) in [5, 5.41) is 2.20. The summed E-state index contributed by atoms with van der Waals surface area (Å²) in [6, 6.07) is 15.2. The minimum atomic E-state index is -0.300. The fourth-order valence-electron chi connectivity index (χ4n) is 1.75. The predicted octanol–water partition coefficient (Wildman–Crippen LogP) is 2.87. The predicted molar refractivity (Wildman–Crippen MR) is 74.2 cm³/mol. The first-order valence-electron chi connectivity index (χ1n) is 6.06. The molecule has 0 bridgehead atoms. The smallest absolute Gasteiger partial charge is 0.258 e. The number of imide groups is 1. The summed E-state index contributed by atoms with van der Waals surface area (Å²) in [7, 11) is 0. The van der Waals surface area contributed by atoms with Gasteiger partial charge in [-0.25, -0.2) is 0 Å². The minimum absolute atomic E-state index is 0.300. The number of hydrogen-bond donors (Lipinski definition) is 1. The fraction of sp³-hybridized carbons (Fsp3) is 0.125. The second-order valence-electron chi connectivity index (χ2n) is 4.48. The molecule has 3 nitrogen and oxygen atoms in total. The van der Waals surface area contributed by atoms with Gasteiger partial charge in [-0.05, 0) is 26.0 Å². The van der Waals surface area contributed by atoms with Crippen LogP contribution in [0.5, 0.6) is 0 Å². The monoisotopic (exact) mass is 253 g/mol. The first-order chi connectivity index (χ1) is 9.08.